The molecule has 0 aromatic carbocycles. The first-order chi connectivity index (χ1) is 11.5. The normalized spacial score (nSPS) is 28.0. The molecule has 1 saturated carbocycles. The fraction of sp³-hybridized carbons (Fsp3) is 0.688. The summed E-state index contributed by atoms with van der Waals surface area (Å²) in [6, 6.07) is -0.429. The molecule has 2 amide bonds. The van der Waals surface area contributed by atoms with Crippen LogP contribution < -0.4 is 10.6 Å². The summed E-state index contributed by atoms with van der Waals surface area (Å²) in [5.74, 6) is 0.210. The molecule has 3 atom stereocenters. The number of piperazine rings is 1. The molecule has 0 unspecified atom stereocenters. The number of carbonyl (C=O) groups excluding carboxylic acids is 2. The highest BCUT2D eigenvalue weighted by atomic mass is 16.5. The molecule has 1 aromatic heterocycles. The van der Waals surface area contributed by atoms with Crippen LogP contribution in [0.2, 0.25) is 0 Å². The molecular formula is C16H24N4O4. The summed E-state index contributed by atoms with van der Waals surface area (Å²) in [4.78, 5) is 26.1. The Labute approximate surface area is 140 Å². The zero-order chi connectivity index (χ0) is 17.3. The predicted octanol–water partition coefficient (Wildman–Crippen LogP) is -0.401. The Bertz CT molecular complexity index is 630. The van der Waals surface area contributed by atoms with Gasteiger partial charge in [0.25, 0.3) is 5.91 Å². The minimum atomic E-state index is -0.690. The van der Waals surface area contributed by atoms with E-state index in [0.717, 1.165) is 13.0 Å². The topological polar surface area (TPSA) is 108 Å². The van der Waals surface area contributed by atoms with E-state index in [1.165, 1.54) is 0 Å². The van der Waals surface area contributed by atoms with Crippen molar-refractivity contribution in [2.24, 2.45) is 0 Å². The number of hydrogen-bond donors (Lipinski definition) is 3. The first-order valence-corrected chi connectivity index (χ1v) is 8.46. The number of nitrogens with one attached hydrogen (secondary N) is 2. The van der Waals surface area contributed by atoms with Gasteiger partial charge in [-0.1, -0.05) is 12.1 Å². The van der Waals surface area contributed by atoms with Crippen molar-refractivity contribution >= 4 is 11.8 Å². The molecule has 2 heterocycles. The number of aliphatic hydroxyl groups is 1. The third-order valence-electron chi connectivity index (χ3n) is 4.93. The minimum Gasteiger partial charge on any atom is -0.389 e. The van der Waals surface area contributed by atoms with Crippen LogP contribution in [0.4, 0.5) is 0 Å². The maximum atomic E-state index is 12.5. The molecule has 1 aliphatic heterocycles. The van der Waals surface area contributed by atoms with E-state index in [0.29, 0.717) is 42.9 Å². The van der Waals surface area contributed by atoms with Crippen molar-refractivity contribution < 1.29 is 19.2 Å². The van der Waals surface area contributed by atoms with Gasteiger partial charge in [-0.3, -0.25) is 14.5 Å². The summed E-state index contributed by atoms with van der Waals surface area (Å²) in [5, 5.41) is 20.2. The van der Waals surface area contributed by atoms with Crippen LogP contribution in [0.3, 0.4) is 0 Å². The number of aliphatic hydroxyl groups excluding tert-OH is 1. The second-order valence-electron chi connectivity index (χ2n) is 6.45. The van der Waals surface area contributed by atoms with Crippen molar-refractivity contribution in [1.82, 2.24) is 20.7 Å². The van der Waals surface area contributed by atoms with Gasteiger partial charge in [0.1, 0.15) is 11.3 Å². The van der Waals surface area contributed by atoms with Crippen molar-refractivity contribution in [3.63, 3.8) is 0 Å². The monoisotopic (exact) mass is 336 g/mol. The largest absolute Gasteiger partial charge is 0.389 e. The summed E-state index contributed by atoms with van der Waals surface area (Å²) in [5.41, 5.74) is 1.09. The van der Waals surface area contributed by atoms with Crippen molar-refractivity contribution in [2.45, 2.75) is 51.3 Å². The SMILES string of the molecule is CCc1noc(C)c1C(=O)N[C@@H]1CC[C@@H](N2CCNC(=O)C2)[C@@H]1O. The van der Waals surface area contributed by atoms with E-state index in [1.807, 2.05) is 11.8 Å². The van der Waals surface area contributed by atoms with Crippen molar-refractivity contribution in [1.29, 1.82) is 0 Å². The zero-order valence-corrected chi connectivity index (χ0v) is 14.0. The Hall–Kier alpha value is -1.93. The van der Waals surface area contributed by atoms with Crippen LogP contribution in [0.1, 0.15) is 41.6 Å². The summed E-state index contributed by atoms with van der Waals surface area (Å²) in [7, 11) is 0. The maximum absolute atomic E-state index is 12.5. The molecular weight excluding hydrogens is 312 g/mol. The highest BCUT2D eigenvalue weighted by molar-refractivity contribution is 5.96. The molecule has 24 heavy (non-hydrogen) atoms. The molecule has 1 aliphatic carbocycles. The van der Waals surface area contributed by atoms with Gasteiger partial charge in [0.05, 0.1) is 24.4 Å². The number of nitrogens with zero attached hydrogens (tertiary/aromatic N) is 2. The smallest absolute Gasteiger partial charge is 0.257 e. The van der Waals surface area contributed by atoms with Crippen LogP contribution in [-0.2, 0) is 11.2 Å². The lowest BCUT2D eigenvalue weighted by Crippen LogP contribution is -2.55. The molecule has 1 saturated heterocycles. The lowest BCUT2D eigenvalue weighted by atomic mass is 10.1. The molecule has 3 N–H and O–H groups in total. The molecule has 1 aromatic rings. The number of carbonyl (C=O) groups is 2. The maximum Gasteiger partial charge on any atom is 0.257 e. The summed E-state index contributed by atoms with van der Waals surface area (Å²) in [6.45, 7) is 5.24. The molecule has 8 nitrogen and oxygen atoms in total. The van der Waals surface area contributed by atoms with Crippen LogP contribution in [0.5, 0.6) is 0 Å². The van der Waals surface area contributed by atoms with E-state index in [4.69, 9.17) is 4.52 Å². The standard InChI is InChI=1S/C16H24N4O4/c1-3-10-14(9(2)24-19-10)16(23)18-11-4-5-12(15(11)22)20-7-6-17-13(21)8-20/h11-12,15,22H,3-8H2,1-2H3,(H,17,21)(H,18,23)/t11-,12-,15-/m1/s1. The lowest BCUT2D eigenvalue weighted by molar-refractivity contribution is -0.125. The van der Waals surface area contributed by atoms with Gasteiger partial charge < -0.3 is 20.3 Å². The number of rotatable bonds is 4. The van der Waals surface area contributed by atoms with E-state index in [1.54, 1.807) is 6.92 Å². The molecule has 0 radical (unpaired) electrons. The number of aryl methyl sites for hydroxylation is 2. The Morgan fingerprint density at radius 2 is 2.29 bits per heavy atom. The molecule has 132 valence electrons. The number of hydrogen-bond acceptors (Lipinski definition) is 6. The third-order valence-corrected chi connectivity index (χ3v) is 4.93. The number of amides is 2. The van der Waals surface area contributed by atoms with Crippen LogP contribution in [-0.4, -0.2) is 64.8 Å². The van der Waals surface area contributed by atoms with Gasteiger partial charge in [0.15, 0.2) is 0 Å². The fourth-order valence-corrected chi connectivity index (χ4v) is 3.65. The highest BCUT2D eigenvalue weighted by Gasteiger charge is 2.40. The quantitative estimate of drug-likeness (QED) is 0.690. The number of aromatic nitrogens is 1. The van der Waals surface area contributed by atoms with Crippen molar-refractivity contribution in [3.8, 4) is 0 Å². The van der Waals surface area contributed by atoms with Gasteiger partial charge in [0.2, 0.25) is 5.91 Å². The van der Waals surface area contributed by atoms with E-state index in [2.05, 4.69) is 15.8 Å². The van der Waals surface area contributed by atoms with Crippen LogP contribution in [0.15, 0.2) is 4.52 Å². The first-order valence-electron chi connectivity index (χ1n) is 8.46. The zero-order valence-electron chi connectivity index (χ0n) is 14.0. The van der Waals surface area contributed by atoms with Gasteiger partial charge in [-0.05, 0) is 26.2 Å². The van der Waals surface area contributed by atoms with Crippen LogP contribution in [0.25, 0.3) is 0 Å². The van der Waals surface area contributed by atoms with E-state index >= 15 is 0 Å². The molecule has 2 fully saturated rings. The Balaban J connectivity index is 1.65. The first kappa shape index (κ1) is 16.9. The average molecular weight is 336 g/mol. The van der Waals surface area contributed by atoms with Gasteiger partial charge in [-0.25, -0.2) is 0 Å². The summed E-state index contributed by atoms with van der Waals surface area (Å²) in [6.07, 6.45) is 1.35. The molecule has 2 aliphatic rings. The van der Waals surface area contributed by atoms with Gasteiger partial charge in [-0.2, -0.15) is 0 Å². The molecule has 3 rings (SSSR count). The predicted molar refractivity (Wildman–Crippen MR) is 85.5 cm³/mol. The van der Waals surface area contributed by atoms with Crippen molar-refractivity contribution in [2.75, 3.05) is 19.6 Å². The van der Waals surface area contributed by atoms with Crippen LogP contribution >= 0.6 is 0 Å². The Kier molecular flexibility index (Phi) is 4.86. The van der Waals surface area contributed by atoms with E-state index in [9.17, 15) is 14.7 Å². The van der Waals surface area contributed by atoms with E-state index in [-0.39, 0.29) is 23.9 Å². The lowest BCUT2D eigenvalue weighted by Gasteiger charge is -2.34. The van der Waals surface area contributed by atoms with E-state index < -0.39 is 6.10 Å². The third kappa shape index (κ3) is 3.16. The second-order valence-corrected chi connectivity index (χ2v) is 6.45. The Morgan fingerprint density at radius 1 is 1.50 bits per heavy atom. The summed E-state index contributed by atoms with van der Waals surface area (Å²) >= 11 is 0. The summed E-state index contributed by atoms with van der Waals surface area (Å²) < 4.78 is 5.10. The van der Waals surface area contributed by atoms with Gasteiger partial charge >= 0.3 is 0 Å². The minimum absolute atomic E-state index is 0.0198. The van der Waals surface area contributed by atoms with Crippen LogP contribution in [0, 0.1) is 6.92 Å². The van der Waals surface area contributed by atoms with Crippen molar-refractivity contribution in [3.05, 3.63) is 17.0 Å². The van der Waals surface area contributed by atoms with Gasteiger partial charge in [0, 0.05) is 19.1 Å². The highest BCUT2D eigenvalue weighted by Crippen LogP contribution is 2.26. The Morgan fingerprint density at radius 3 is 3.00 bits per heavy atom. The second kappa shape index (κ2) is 6.90. The molecule has 8 heteroatoms. The van der Waals surface area contributed by atoms with Gasteiger partial charge in [-0.15, -0.1) is 0 Å². The average Bonchev–Trinajstić information content (AvgIpc) is 3.10. The molecule has 0 bridgehead atoms. The molecule has 0 spiro atoms. The fourth-order valence-electron chi connectivity index (χ4n) is 3.65.